The number of unbranched alkanes of at least 4 members (excludes halogenated alkanes) is 2. The number of terminal acetylenes is 1. The third-order valence-electron chi connectivity index (χ3n) is 1.75. The number of nitrogens with one attached hydrogen (secondary N) is 2. The van der Waals surface area contributed by atoms with Crippen LogP contribution in [0.5, 0.6) is 0 Å². The van der Waals surface area contributed by atoms with Gasteiger partial charge in [0, 0.05) is 13.0 Å². The van der Waals surface area contributed by atoms with E-state index in [0.29, 0.717) is 13.0 Å². The smallest absolute Gasteiger partial charge is 0.325 e. The van der Waals surface area contributed by atoms with Crippen LogP contribution in [0.25, 0.3) is 0 Å². The van der Waals surface area contributed by atoms with Crippen LogP contribution in [0.2, 0.25) is 0 Å². The van der Waals surface area contributed by atoms with Crippen molar-refractivity contribution in [3.63, 3.8) is 0 Å². The van der Waals surface area contributed by atoms with Crippen LogP contribution in [0.1, 0.15) is 26.2 Å². The Morgan fingerprint density at radius 3 is 2.67 bits per heavy atom. The van der Waals surface area contributed by atoms with E-state index in [2.05, 4.69) is 16.6 Å². The maximum Gasteiger partial charge on any atom is 0.325 e. The largest absolute Gasteiger partial charge is 0.480 e. The third kappa shape index (κ3) is 7.38. The minimum atomic E-state index is -1.06. The van der Waals surface area contributed by atoms with Crippen molar-refractivity contribution in [2.24, 2.45) is 0 Å². The lowest BCUT2D eigenvalue weighted by Gasteiger charge is -2.10. The van der Waals surface area contributed by atoms with Crippen LogP contribution in [0.4, 0.5) is 4.79 Å². The highest BCUT2D eigenvalue weighted by Crippen LogP contribution is 1.91. The fraction of sp³-hybridized carbons (Fsp3) is 0.600. The van der Waals surface area contributed by atoms with Crippen LogP contribution in [0, 0.1) is 12.3 Å². The van der Waals surface area contributed by atoms with Gasteiger partial charge in [-0.25, -0.2) is 4.79 Å². The second kappa shape index (κ2) is 7.68. The molecule has 5 nitrogen and oxygen atoms in total. The van der Waals surface area contributed by atoms with E-state index in [1.54, 1.807) is 0 Å². The molecule has 0 saturated heterocycles. The first-order chi connectivity index (χ1) is 7.07. The van der Waals surface area contributed by atoms with Crippen LogP contribution in [0.3, 0.4) is 0 Å². The Balaban J connectivity index is 3.50. The summed E-state index contributed by atoms with van der Waals surface area (Å²) in [5, 5.41) is 13.3. The van der Waals surface area contributed by atoms with Crippen molar-refractivity contribution >= 4 is 12.0 Å². The molecule has 0 bridgehead atoms. The maximum atomic E-state index is 11.1. The highest BCUT2D eigenvalue weighted by molar-refractivity contribution is 5.82. The molecule has 0 unspecified atom stereocenters. The van der Waals surface area contributed by atoms with E-state index in [-0.39, 0.29) is 0 Å². The van der Waals surface area contributed by atoms with E-state index in [1.807, 2.05) is 0 Å². The predicted molar refractivity (Wildman–Crippen MR) is 56.3 cm³/mol. The lowest BCUT2D eigenvalue weighted by Crippen LogP contribution is -2.44. The average Bonchev–Trinajstić information content (AvgIpc) is 2.17. The van der Waals surface area contributed by atoms with Crippen LogP contribution in [-0.4, -0.2) is 29.7 Å². The molecule has 2 amide bonds. The Morgan fingerprint density at radius 2 is 2.13 bits per heavy atom. The molecular formula is C10H16N2O3. The van der Waals surface area contributed by atoms with Gasteiger partial charge in [-0.05, 0) is 19.8 Å². The zero-order valence-corrected chi connectivity index (χ0v) is 8.75. The first-order valence-electron chi connectivity index (χ1n) is 4.78. The summed E-state index contributed by atoms with van der Waals surface area (Å²) in [4.78, 5) is 21.4. The molecule has 0 aromatic heterocycles. The zero-order chi connectivity index (χ0) is 11.7. The molecule has 0 fully saturated rings. The molecule has 0 rings (SSSR count). The number of carbonyl (C=O) groups is 2. The Hall–Kier alpha value is -1.70. The SMILES string of the molecule is C#CCCCCNC(=O)N[C@@H](C)C(=O)O. The highest BCUT2D eigenvalue weighted by Gasteiger charge is 2.12. The molecule has 0 heterocycles. The van der Waals surface area contributed by atoms with Gasteiger partial charge in [0.25, 0.3) is 0 Å². The zero-order valence-electron chi connectivity index (χ0n) is 8.75. The van der Waals surface area contributed by atoms with Gasteiger partial charge < -0.3 is 15.7 Å². The number of carboxylic acid groups (broad SMARTS) is 1. The van der Waals surface area contributed by atoms with Crippen molar-refractivity contribution in [1.82, 2.24) is 10.6 Å². The average molecular weight is 212 g/mol. The molecule has 0 aliphatic rings. The molecule has 84 valence electrons. The molecule has 0 saturated carbocycles. The van der Waals surface area contributed by atoms with Gasteiger partial charge >= 0.3 is 12.0 Å². The van der Waals surface area contributed by atoms with Gasteiger partial charge in [-0.2, -0.15) is 0 Å². The lowest BCUT2D eigenvalue weighted by atomic mass is 10.2. The van der Waals surface area contributed by atoms with E-state index in [4.69, 9.17) is 11.5 Å². The molecular weight excluding hydrogens is 196 g/mol. The molecule has 0 spiro atoms. The topological polar surface area (TPSA) is 78.4 Å². The van der Waals surface area contributed by atoms with Crippen LogP contribution >= 0.6 is 0 Å². The Kier molecular flexibility index (Phi) is 6.81. The number of aliphatic carboxylic acids is 1. The number of amides is 2. The van der Waals surface area contributed by atoms with E-state index in [9.17, 15) is 9.59 Å². The summed E-state index contributed by atoms with van der Waals surface area (Å²) in [5.74, 6) is 1.44. The fourth-order valence-electron chi connectivity index (χ4n) is 0.863. The van der Waals surface area contributed by atoms with Gasteiger partial charge in [-0.3, -0.25) is 4.79 Å². The second-order valence-corrected chi connectivity index (χ2v) is 3.12. The molecule has 15 heavy (non-hydrogen) atoms. The number of urea groups is 1. The number of hydrogen-bond donors (Lipinski definition) is 3. The van der Waals surface area contributed by atoms with E-state index in [1.165, 1.54) is 6.92 Å². The van der Waals surface area contributed by atoms with Gasteiger partial charge in [-0.15, -0.1) is 12.3 Å². The summed E-state index contributed by atoms with van der Waals surface area (Å²) in [6.07, 6.45) is 7.39. The Morgan fingerprint density at radius 1 is 1.47 bits per heavy atom. The number of carboxylic acids is 1. The normalized spacial score (nSPS) is 11.2. The second-order valence-electron chi connectivity index (χ2n) is 3.12. The summed E-state index contributed by atoms with van der Waals surface area (Å²) in [6.45, 7) is 1.90. The Labute approximate surface area is 89.2 Å². The summed E-state index contributed by atoms with van der Waals surface area (Å²) >= 11 is 0. The van der Waals surface area contributed by atoms with Crippen LogP contribution in [-0.2, 0) is 4.79 Å². The van der Waals surface area contributed by atoms with Crippen molar-refractivity contribution < 1.29 is 14.7 Å². The van der Waals surface area contributed by atoms with Gasteiger partial charge in [0.1, 0.15) is 6.04 Å². The van der Waals surface area contributed by atoms with Gasteiger partial charge in [0.05, 0.1) is 0 Å². The maximum absolute atomic E-state index is 11.1. The van der Waals surface area contributed by atoms with Gasteiger partial charge in [-0.1, -0.05) is 0 Å². The molecule has 0 radical (unpaired) electrons. The summed E-state index contributed by atoms with van der Waals surface area (Å²) in [5.41, 5.74) is 0. The van der Waals surface area contributed by atoms with Crippen molar-refractivity contribution in [1.29, 1.82) is 0 Å². The van der Waals surface area contributed by atoms with Crippen LogP contribution < -0.4 is 10.6 Å². The monoisotopic (exact) mass is 212 g/mol. The fourth-order valence-corrected chi connectivity index (χ4v) is 0.863. The lowest BCUT2D eigenvalue weighted by molar-refractivity contribution is -0.138. The van der Waals surface area contributed by atoms with Crippen molar-refractivity contribution in [3.05, 3.63) is 0 Å². The predicted octanol–water partition coefficient (Wildman–Crippen LogP) is 0.562. The van der Waals surface area contributed by atoms with Gasteiger partial charge in [0.2, 0.25) is 0 Å². The minimum Gasteiger partial charge on any atom is -0.480 e. The molecule has 3 N–H and O–H groups in total. The van der Waals surface area contributed by atoms with E-state index >= 15 is 0 Å². The van der Waals surface area contributed by atoms with Crippen molar-refractivity contribution in [2.75, 3.05) is 6.54 Å². The van der Waals surface area contributed by atoms with Gasteiger partial charge in [0.15, 0.2) is 0 Å². The summed E-state index contributed by atoms with van der Waals surface area (Å²) in [6, 6.07) is -1.35. The molecule has 5 heteroatoms. The van der Waals surface area contributed by atoms with Crippen molar-refractivity contribution in [2.45, 2.75) is 32.2 Å². The number of carbonyl (C=O) groups excluding carboxylic acids is 1. The third-order valence-corrected chi connectivity index (χ3v) is 1.75. The molecule has 1 atom stereocenters. The molecule has 0 aromatic carbocycles. The van der Waals surface area contributed by atoms with Crippen LogP contribution in [0.15, 0.2) is 0 Å². The Bertz CT molecular complexity index is 258. The standard InChI is InChI=1S/C10H16N2O3/c1-3-4-5-6-7-11-10(15)12-8(2)9(13)14/h1,8H,4-7H2,2H3,(H,13,14)(H2,11,12,15)/t8-/m0/s1. The van der Waals surface area contributed by atoms with E-state index in [0.717, 1.165) is 12.8 Å². The number of rotatable bonds is 6. The quantitative estimate of drug-likeness (QED) is 0.444. The highest BCUT2D eigenvalue weighted by atomic mass is 16.4. The van der Waals surface area contributed by atoms with Crippen molar-refractivity contribution in [3.8, 4) is 12.3 Å². The summed E-state index contributed by atoms with van der Waals surface area (Å²) in [7, 11) is 0. The first kappa shape index (κ1) is 13.3. The molecule has 0 aromatic rings. The first-order valence-corrected chi connectivity index (χ1v) is 4.78. The molecule has 0 aliphatic heterocycles. The molecule has 0 aliphatic carbocycles. The van der Waals surface area contributed by atoms with E-state index < -0.39 is 18.0 Å². The number of hydrogen-bond acceptors (Lipinski definition) is 2. The summed E-state index contributed by atoms with van der Waals surface area (Å²) < 4.78 is 0. The minimum absolute atomic E-state index is 0.467.